The Kier molecular flexibility index (Phi) is 5.82. The molecular formula is C20H18Br2N4O. The molecule has 138 valence electrons. The predicted molar refractivity (Wildman–Crippen MR) is 117 cm³/mol. The number of hydrogen-bond acceptors (Lipinski definition) is 4. The molecule has 0 fully saturated rings. The molecule has 0 aliphatic carbocycles. The summed E-state index contributed by atoms with van der Waals surface area (Å²) in [6, 6.07) is 17.4. The number of H-pyrrole nitrogens is 1. The molecule has 4 rings (SSSR count). The van der Waals surface area contributed by atoms with Gasteiger partial charge < -0.3 is 15.4 Å². The van der Waals surface area contributed by atoms with Crippen LogP contribution in [0.15, 0.2) is 65.4 Å². The van der Waals surface area contributed by atoms with Crippen molar-refractivity contribution in [1.82, 2.24) is 15.0 Å². The van der Waals surface area contributed by atoms with Crippen molar-refractivity contribution < 1.29 is 5.11 Å². The highest BCUT2D eigenvalue weighted by Crippen LogP contribution is 2.29. The minimum absolute atomic E-state index is 0. The number of nitrogens with zero attached hydrogens (tertiary/aromatic N) is 2. The van der Waals surface area contributed by atoms with E-state index in [2.05, 4.69) is 55.3 Å². The van der Waals surface area contributed by atoms with Gasteiger partial charge in [-0.3, -0.25) is 0 Å². The maximum Gasteiger partial charge on any atom is 0.143 e. The molecule has 2 aromatic heterocycles. The summed E-state index contributed by atoms with van der Waals surface area (Å²) in [5.74, 6) is 1.03. The molecule has 4 aromatic rings. The Balaban J connectivity index is 0.00000210. The van der Waals surface area contributed by atoms with Crippen molar-refractivity contribution in [2.24, 2.45) is 0 Å². The van der Waals surface area contributed by atoms with Crippen LogP contribution in [-0.4, -0.2) is 20.1 Å². The number of halogens is 2. The highest BCUT2D eigenvalue weighted by molar-refractivity contribution is 9.10. The van der Waals surface area contributed by atoms with E-state index in [1.165, 1.54) is 5.56 Å². The standard InChI is InChI=1S/C20H17BrN4O.BrH/c1-12(13-2-6-15(21)7-3-13)24-19-17-10-18(25-20(17)23-11-22-19)14-4-8-16(26)9-5-14;/h2-12,26H,1H3,(H2,22,23,24,25);1H/t12-;/m1./s1. The van der Waals surface area contributed by atoms with Gasteiger partial charge in [0, 0.05) is 16.2 Å². The number of nitrogens with one attached hydrogen (secondary N) is 2. The van der Waals surface area contributed by atoms with E-state index in [0.29, 0.717) is 0 Å². The number of rotatable bonds is 4. The Morgan fingerprint density at radius 2 is 1.74 bits per heavy atom. The number of hydrogen-bond donors (Lipinski definition) is 3. The van der Waals surface area contributed by atoms with E-state index in [4.69, 9.17) is 0 Å². The van der Waals surface area contributed by atoms with E-state index in [9.17, 15) is 5.11 Å². The molecule has 7 heteroatoms. The molecule has 2 aromatic carbocycles. The number of aromatic nitrogens is 3. The molecule has 0 aliphatic rings. The summed E-state index contributed by atoms with van der Waals surface area (Å²) < 4.78 is 1.06. The second kappa shape index (κ2) is 8.10. The number of phenolic OH excluding ortho intramolecular Hbond substituents is 1. The zero-order valence-corrected chi connectivity index (χ0v) is 17.8. The van der Waals surface area contributed by atoms with Gasteiger partial charge in [0.15, 0.2) is 0 Å². The van der Waals surface area contributed by atoms with Crippen LogP contribution in [0.5, 0.6) is 5.75 Å². The minimum Gasteiger partial charge on any atom is -0.508 e. The van der Waals surface area contributed by atoms with Crippen LogP contribution in [0.1, 0.15) is 18.5 Å². The first-order valence-corrected chi connectivity index (χ1v) is 9.04. The first-order valence-electron chi connectivity index (χ1n) is 8.25. The Labute approximate surface area is 175 Å². The quantitative estimate of drug-likeness (QED) is 0.336. The lowest BCUT2D eigenvalue weighted by molar-refractivity contribution is 0.475. The maximum atomic E-state index is 9.47. The second-order valence-corrected chi connectivity index (χ2v) is 7.05. The van der Waals surface area contributed by atoms with E-state index < -0.39 is 0 Å². The Morgan fingerprint density at radius 1 is 1.04 bits per heavy atom. The summed E-state index contributed by atoms with van der Waals surface area (Å²) in [5.41, 5.74) is 3.86. The van der Waals surface area contributed by atoms with Gasteiger partial charge in [-0.2, -0.15) is 0 Å². The van der Waals surface area contributed by atoms with Crippen LogP contribution in [0.25, 0.3) is 22.3 Å². The SMILES string of the molecule is Br.C[C@@H](Nc1ncnc2[nH]c(-c3ccc(O)cc3)cc12)c1ccc(Br)cc1. The highest BCUT2D eigenvalue weighted by atomic mass is 79.9. The fourth-order valence-corrected chi connectivity index (χ4v) is 3.16. The van der Waals surface area contributed by atoms with E-state index in [-0.39, 0.29) is 28.8 Å². The second-order valence-electron chi connectivity index (χ2n) is 6.13. The predicted octanol–water partition coefficient (Wildman–Crippen LogP) is 5.84. The third kappa shape index (κ3) is 4.14. The Hall–Kier alpha value is -2.38. The van der Waals surface area contributed by atoms with E-state index in [1.807, 2.05) is 30.3 Å². The van der Waals surface area contributed by atoms with Crippen molar-refractivity contribution in [1.29, 1.82) is 0 Å². The van der Waals surface area contributed by atoms with Crippen LogP contribution < -0.4 is 5.32 Å². The van der Waals surface area contributed by atoms with Crippen molar-refractivity contribution in [2.75, 3.05) is 5.32 Å². The topological polar surface area (TPSA) is 73.8 Å². The molecule has 27 heavy (non-hydrogen) atoms. The molecule has 3 N–H and O–H groups in total. The van der Waals surface area contributed by atoms with Crippen LogP contribution in [0.4, 0.5) is 5.82 Å². The van der Waals surface area contributed by atoms with Crippen LogP contribution in [-0.2, 0) is 0 Å². The van der Waals surface area contributed by atoms with Crippen LogP contribution in [0.3, 0.4) is 0 Å². The average Bonchev–Trinajstić information content (AvgIpc) is 3.08. The molecule has 0 saturated heterocycles. The monoisotopic (exact) mass is 488 g/mol. The summed E-state index contributed by atoms with van der Waals surface area (Å²) in [5, 5.41) is 13.9. The number of phenols is 1. The molecular weight excluding hydrogens is 472 g/mol. The van der Waals surface area contributed by atoms with Gasteiger partial charge in [-0.05, 0) is 60.5 Å². The molecule has 0 saturated carbocycles. The van der Waals surface area contributed by atoms with E-state index in [0.717, 1.165) is 32.6 Å². The van der Waals surface area contributed by atoms with Crippen LogP contribution in [0, 0.1) is 0 Å². The molecule has 0 bridgehead atoms. The lowest BCUT2D eigenvalue weighted by Gasteiger charge is -2.15. The molecule has 0 unspecified atom stereocenters. The molecule has 2 heterocycles. The van der Waals surface area contributed by atoms with Gasteiger partial charge in [0.25, 0.3) is 0 Å². The lowest BCUT2D eigenvalue weighted by Crippen LogP contribution is -2.08. The molecule has 0 amide bonds. The largest absolute Gasteiger partial charge is 0.508 e. The normalized spacial score (nSPS) is 11.8. The summed E-state index contributed by atoms with van der Waals surface area (Å²) in [7, 11) is 0. The first kappa shape index (κ1) is 19.4. The molecule has 1 atom stereocenters. The summed E-state index contributed by atoms with van der Waals surface area (Å²) in [6.07, 6.45) is 1.55. The van der Waals surface area contributed by atoms with Crippen molar-refractivity contribution in [3.8, 4) is 17.0 Å². The zero-order chi connectivity index (χ0) is 18.1. The van der Waals surface area contributed by atoms with Crippen molar-refractivity contribution >= 4 is 49.8 Å². The van der Waals surface area contributed by atoms with Gasteiger partial charge in [0.05, 0.1) is 5.39 Å². The number of benzene rings is 2. The van der Waals surface area contributed by atoms with Crippen molar-refractivity contribution in [3.63, 3.8) is 0 Å². The van der Waals surface area contributed by atoms with Gasteiger partial charge in [0.1, 0.15) is 23.5 Å². The fourth-order valence-electron chi connectivity index (χ4n) is 2.89. The van der Waals surface area contributed by atoms with E-state index >= 15 is 0 Å². The lowest BCUT2D eigenvalue weighted by atomic mass is 10.1. The number of anilines is 1. The maximum absolute atomic E-state index is 9.47. The van der Waals surface area contributed by atoms with E-state index in [1.54, 1.807) is 18.5 Å². The smallest absolute Gasteiger partial charge is 0.143 e. The van der Waals surface area contributed by atoms with Gasteiger partial charge in [-0.15, -0.1) is 17.0 Å². The number of fused-ring (bicyclic) bond motifs is 1. The number of aromatic hydroxyl groups is 1. The molecule has 0 radical (unpaired) electrons. The van der Waals surface area contributed by atoms with Crippen LogP contribution in [0.2, 0.25) is 0 Å². The third-order valence-corrected chi connectivity index (χ3v) is 4.86. The van der Waals surface area contributed by atoms with Gasteiger partial charge >= 0.3 is 0 Å². The fraction of sp³-hybridized carbons (Fsp3) is 0.100. The van der Waals surface area contributed by atoms with Crippen molar-refractivity contribution in [2.45, 2.75) is 13.0 Å². The molecule has 0 spiro atoms. The Bertz CT molecular complexity index is 1050. The van der Waals surface area contributed by atoms with Crippen LogP contribution >= 0.6 is 32.9 Å². The van der Waals surface area contributed by atoms with Crippen molar-refractivity contribution in [3.05, 3.63) is 71.0 Å². The third-order valence-electron chi connectivity index (χ3n) is 4.33. The van der Waals surface area contributed by atoms with Gasteiger partial charge in [-0.25, -0.2) is 9.97 Å². The first-order chi connectivity index (χ1) is 12.6. The summed E-state index contributed by atoms with van der Waals surface area (Å²) >= 11 is 3.46. The van der Waals surface area contributed by atoms with Gasteiger partial charge in [0.2, 0.25) is 0 Å². The zero-order valence-electron chi connectivity index (χ0n) is 14.5. The molecule has 0 aliphatic heterocycles. The summed E-state index contributed by atoms with van der Waals surface area (Å²) in [4.78, 5) is 12.1. The Morgan fingerprint density at radius 3 is 2.44 bits per heavy atom. The van der Waals surface area contributed by atoms with Gasteiger partial charge in [-0.1, -0.05) is 28.1 Å². The minimum atomic E-state index is 0. The number of aromatic amines is 1. The summed E-state index contributed by atoms with van der Waals surface area (Å²) in [6.45, 7) is 2.10. The highest BCUT2D eigenvalue weighted by Gasteiger charge is 2.12. The average molecular weight is 490 g/mol. The molecule has 5 nitrogen and oxygen atoms in total.